The Balaban J connectivity index is 2.14. The molecule has 0 amide bonds. The fourth-order valence-corrected chi connectivity index (χ4v) is 2.88. The van der Waals surface area contributed by atoms with E-state index in [9.17, 15) is 4.79 Å². The Morgan fingerprint density at radius 3 is 2.95 bits per heavy atom. The molecule has 1 aliphatic heterocycles. The van der Waals surface area contributed by atoms with Gasteiger partial charge in [-0.2, -0.15) is 0 Å². The van der Waals surface area contributed by atoms with Crippen LogP contribution in [-0.4, -0.2) is 36.6 Å². The normalized spacial score (nSPS) is 18.6. The van der Waals surface area contributed by atoms with Gasteiger partial charge in [0.25, 0.3) is 0 Å². The molecule has 4 heteroatoms. The molecule has 2 rings (SSSR count). The zero-order chi connectivity index (χ0) is 14.5. The maximum atomic E-state index is 12.0. The van der Waals surface area contributed by atoms with Gasteiger partial charge in [-0.1, -0.05) is 23.7 Å². The molecule has 1 saturated heterocycles. The smallest absolute Gasteiger partial charge is 0.147 e. The summed E-state index contributed by atoms with van der Waals surface area (Å²) in [5.41, 5.74) is 2.16. The molecule has 0 saturated carbocycles. The summed E-state index contributed by atoms with van der Waals surface area (Å²) in [6.07, 6.45) is 2.79. The highest BCUT2D eigenvalue weighted by Crippen LogP contribution is 2.21. The van der Waals surface area contributed by atoms with Gasteiger partial charge in [0.15, 0.2) is 0 Å². The van der Waals surface area contributed by atoms with Crippen LogP contribution in [0.3, 0.4) is 0 Å². The van der Waals surface area contributed by atoms with Gasteiger partial charge in [-0.05, 0) is 50.3 Å². The summed E-state index contributed by atoms with van der Waals surface area (Å²) >= 11 is 6.29. The standard InChI is InChI=1S/C16H22ClNO2/c1-12-5-6-14(15(17)9-12)10-16(13(2)19)18-7-3-4-8-20-11-18/h5-6,9,16H,3-4,7-8,10-11H2,1-2H3. The molecule has 0 aliphatic carbocycles. The molecule has 1 aromatic rings. The number of carbonyl (C=O) groups is 1. The van der Waals surface area contributed by atoms with Gasteiger partial charge in [0.05, 0.1) is 12.8 Å². The van der Waals surface area contributed by atoms with Gasteiger partial charge < -0.3 is 4.74 Å². The highest BCUT2D eigenvalue weighted by molar-refractivity contribution is 6.31. The number of Topliss-reactive ketones (excluding diaryl/α,β-unsaturated/α-hetero) is 1. The second-order valence-electron chi connectivity index (χ2n) is 5.48. The number of aryl methyl sites for hydroxylation is 1. The van der Waals surface area contributed by atoms with Crippen LogP contribution in [0.15, 0.2) is 18.2 Å². The summed E-state index contributed by atoms with van der Waals surface area (Å²) in [4.78, 5) is 14.1. The minimum atomic E-state index is -0.145. The lowest BCUT2D eigenvalue weighted by Gasteiger charge is -2.28. The minimum absolute atomic E-state index is 0.145. The van der Waals surface area contributed by atoms with E-state index in [0.29, 0.717) is 13.2 Å². The van der Waals surface area contributed by atoms with Gasteiger partial charge in [0.1, 0.15) is 5.78 Å². The van der Waals surface area contributed by atoms with Crippen LogP contribution in [0, 0.1) is 6.92 Å². The van der Waals surface area contributed by atoms with E-state index in [2.05, 4.69) is 4.90 Å². The lowest BCUT2D eigenvalue weighted by atomic mass is 10.0. The Morgan fingerprint density at radius 1 is 1.45 bits per heavy atom. The summed E-state index contributed by atoms with van der Waals surface area (Å²) in [7, 11) is 0. The SMILES string of the molecule is CC(=O)C(Cc1ccc(C)cc1Cl)N1CCCCOC1. The van der Waals surface area contributed by atoms with Crippen molar-refractivity contribution in [3.05, 3.63) is 34.3 Å². The van der Waals surface area contributed by atoms with Crippen molar-refractivity contribution in [3.63, 3.8) is 0 Å². The number of hydrogen-bond donors (Lipinski definition) is 0. The minimum Gasteiger partial charge on any atom is -0.366 e. The number of carbonyl (C=O) groups excluding carboxylic acids is 1. The van der Waals surface area contributed by atoms with E-state index < -0.39 is 0 Å². The van der Waals surface area contributed by atoms with E-state index in [1.807, 2.05) is 25.1 Å². The number of benzene rings is 1. The zero-order valence-electron chi connectivity index (χ0n) is 12.2. The lowest BCUT2D eigenvalue weighted by molar-refractivity contribution is -0.124. The molecule has 0 bridgehead atoms. The average Bonchev–Trinajstić information content (AvgIpc) is 2.66. The number of nitrogens with zero attached hydrogens (tertiary/aromatic N) is 1. The summed E-state index contributed by atoms with van der Waals surface area (Å²) < 4.78 is 5.57. The van der Waals surface area contributed by atoms with Crippen LogP contribution in [0.5, 0.6) is 0 Å². The maximum Gasteiger partial charge on any atom is 0.147 e. The first-order chi connectivity index (χ1) is 9.58. The number of ether oxygens (including phenoxy) is 1. The molecule has 1 aromatic carbocycles. The van der Waals surface area contributed by atoms with Crippen molar-refractivity contribution in [2.24, 2.45) is 0 Å². The van der Waals surface area contributed by atoms with Crippen LogP contribution in [0.25, 0.3) is 0 Å². The van der Waals surface area contributed by atoms with E-state index >= 15 is 0 Å². The Hall–Kier alpha value is -0.900. The van der Waals surface area contributed by atoms with Crippen LogP contribution in [0.2, 0.25) is 5.02 Å². The van der Waals surface area contributed by atoms with Gasteiger partial charge >= 0.3 is 0 Å². The first-order valence-corrected chi connectivity index (χ1v) is 7.53. The summed E-state index contributed by atoms with van der Waals surface area (Å²) in [5.74, 6) is 0.173. The summed E-state index contributed by atoms with van der Waals surface area (Å²) in [6, 6.07) is 5.87. The first-order valence-electron chi connectivity index (χ1n) is 7.15. The molecule has 0 spiro atoms. The topological polar surface area (TPSA) is 29.5 Å². The zero-order valence-corrected chi connectivity index (χ0v) is 12.9. The monoisotopic (exact) mass is 295 g/mol. The molecule has 0 radical (unpaired) electrons. The van der Waals surface area contributed by atoms with Crippen LogP contribution < -0.4 is 0 Å². The van der Waals surface area contributed by atoms with E-state index in [-0.39, 0.29) is 11.8 Å². The van der Waals surface area contributed by atoms with Crippen molar-refractivity contribution in [3.8, 4) is 0 Å². The van der Waals surface area contributed by atoms with Crippen molar-refractivity contribution in [2.45, 2.75) is 39.2 Å². The van der Waals surface area contributed by atoms with Gasteiger partial charge in [-0.3, -0.25) is 9.69 Å². The molecule has 0 N–H and O–H groups in total. The lowest BCUT2D eigenvalue weighted by Crippen LogP contribution is -2.42. The molecular weight excluding hydrogens is 274 g/mol. The number of halogens is 1. The van der Waals surface area contributed by atoms with Crippen LogP contribution >= 0.6 is 11.6 Å². The third-order valence-corrected chi connectivity index (χ3v) is 4.12. The van der Waals surface area contributed by atoms with Gasteiger partial charge in [-0.25, -0.2) is 0 Å². The van der Waals surface area contributed by atoms with E-state index in [1.165, 1.54) is 0 Å². The molecule has 1 heterocycles. The van der Waals surface area contributed by atoms with Gasteiger partial charge in [0.2, 0.25) is 0 Å². The van der Waals surface area contributed by atoms with Crippen molar-refractivity contribution in [2.75, 3.05) is 19.9 Å². The Bertz CT molecular complexity index is 468. The number of rotatable bonds is 4. The highest BCUT2D eigenvalue weighted by atomic mass is 35.5. The number of hydrogen-bond acceptors (Lipinski definition) is 3. The van der Waals surface area contributed by atoms with Crippen LogP contribution in [-0.2, 0) is 16.0 Å². The van der Waals surface area contributed by atoms with E-state index in [4.69, 9.17) is 16.3 Å². The first kappa shape index (κ1) is 15.5. The molecule has 1 atom stereocenters. The van der Waals surface area contributed by atoms with E-state index in [0.717, 1.165) is 42.1 Å². The predicted octanol–water partition coefficient (Wildman–Crippen LogP) is 3.22. The average molecular weight is 296 g/mol. The van der Waals surface area contributed by atoms with Crippen molar-refractivity contribution in [1.29, 1.82) is 0 Å². The molecule has 1 aliphatic rings. The maximum absolute atomic E-state index is 12.0. The van der Waals surface area contributed by atoms with Crippen LogP contribution in [0.1, 0.15) is 30.9 Å². The fourth-order valence-electron chi connectivity index (χ4n) is 2.57. The van der Waals surface area contributed by atoms with E-state index in [1.54, 1.807) is 6.92 Å². The Morgan fingerprint density at radius 2 is 2.25 bits per heavy atom. The molecule has 0 aromatic heterocycles. The Labute approximate surface area is 125 Å². The van der Waals surface area contributed by atoms with Crippen molar-refractivity contribution >= 4 is 17.4 Å². The second kappa shape index (κ2) is 7.21. The number of ketones is 1. The van der Waals surface area contributed by atoms with Crippen molar-refractivity contribution < 1.29 is 9.53 Å². The van der Waals surface area contributed by atoms with Crippen LogP contribution in [0.4, 0.5) is 0 Å². The second-order valence-corrected chi connectivity index (χ2v) is 5.89. The highest BCUT2D eigenvalue weighted by Gasteiger charge is 2.25. The third-order valence-electron chi connectivity index (χ3n) is 3.77. The third kappa shape index (κ3) is 4.05. The molecule has 3 nitrogen and oxygen atoms in total. The summed E-state index contributed by atoms with van der Waals surface area (Å²) in [6.45, 7) is 5.90. The molecule has 20 heavy (non-hydrogen) atoms. The van der Waals surface area contributed by atoms with Gasteiger partial charge in [0, 0.05) is 18.2 Å². The summed E-state index contributed by atoms with van der Waals surface area (Å²) in [5, 5.41) is 0.743. The predicted molar refractivity (Wildman–Crippen MR) is 81.1 cm³/mol. The van der Waals surface area contributed by atoms with Gasteiger partial charge in [-0.15, -0.1) is 0 Å². The fraction of sp³-hybridized carbons (Fsp3) is 0.562. The molecule has 1 fully saturated rings. The Kier molecular flexibility index (Phi) is 5.58. The van der Waals surface area contributed by atoms with Crippen molar-refractivity contribution in [1.82, 2.24) is 4.90 Å². The molecule has 110 valence electrons. The largest absolute Gasteiger partial charge is 0.366 e. The molecular formula is C16H22ClNO2. The quantitative estimate of drug-likeness (QED) is 0.854. The molecule has 1 unspecified atom stereocenters.